The summed E-state index contributed by atoms with van der Waals surface area (Å²) < 4.78 is 0. The topological polar surface area (TPSA) is 26.0 Å². The molecule has 2 N–H and O–H groups in total. The van der Waals surface area contributed by atoms with E-state index in [0.717, 1.165) is 0 Å². The highest BCUT2D eigenvalue weighted by Crippen LogP contribution is 1.63. The van der Waals surface area contributed by atoms with Gasteiger partial charge in [-0.2, -0.15) is 0 Å². The van der Waals surface area contributed by atoms with E-state index in [-0.39, 0.29) is 12.4 Å². The van der Waals surface area contributed by atoms with Crippen LogP contribution < -0.4 is 5.73 Å². The smallest absolute Gasteiger partial charge is 0.0414 e. The Balaban J connectivity index is 0. The molecule has 0 amide bonds. The molecule has 0 atom stereocenters. The summed E-state index contributed by atoms with van der Waals surface area (Å²) in [5.41, 5.74) is 4.93. The second-order valence-electron chi connectivity index (χ2n) is 0.718. The lowest BCUT2D eigenvalue weighted by Crippen LogP contribution is -1.81. The maximum absolute atomic E-state index is 4.93. The van der Waals surface area contributed by atoms with Gasteiger partial charge in [0.25, 0.3) is 0 Å². The van der Waals surface area contributed by atoms with Crippen molar-refractivity contribution in [3.05, 3.63) is 18.7 Å². The fraction of sp³-hybridized carbons (Fsp3) is 0.250. The Kier molecular flexibility index (Phi) is 13.9. The van der Waals surface area contributed by atoms with Crippen molar-refractivity contribution >= 4 is 12.4 Å². The standard InChI is InChI=1S/C4H8N.ClH/c1-2-3-4-5;/h2-4H,5H2,1H3;1H/b3-2+;. The van der Waals surface area contributed by atoms with E-state index in [1.807, 2.05) is 13.0 Å². The molecule has 0 aliphatic heterocycles. The van der Waals surface area contributed by atoms with Crippen LogP contribution in [0.15, 0.2) is 12.2 Å². The highest BCUT2D eigenvalue weighted by molar-refractivity contribution is 5.85. The van der Waals surface area contributed by atoms with Crippen molar-refractivity contribution in [1.82, 2.24) is 0 Å². The third-order valence-electron chi connectivity index (χ3n) is 0.304. The molecule has 0 saturated heterocycles. The first-order valence-corrected chi connectivity index (χ1v) is 1.58. The van der Waals surface area contributed by atoms with Crippen LogP contribution in [0.4, 0.5) is 0 Å². The molecule has 6 heavy (non-hydrogen) atoms. The molecule has 0 unspecified atom stereocenters. The zero-order valence-electron chi connectivity index (χ0n) is 3.72. The molecule has 0 saturated carbocycles. The number of hydrogen-bond acceptors (Lipinski definition) is 1. The Labute approximate surface area is 44.6 Å². The lowest BCUT2D eigenvalue weighted by Gasteiger charge is -1.66. The van der Waals surface area contributed by atoms with E-state index in [4.69, 9.17) is 5.73 Å². The number of nitrogens with two attached hydrogens (primary N) is 1. The van der Waals surface area contributed by atoms with Crippen LogP contribution >= 0.6 is 12.4 Å². The molecule has 0 spiro atoms. The van der Waals surface area contributed by atoms with Crippen LogP contribution in [0, 0.1) is 6.54 Å². The number of allylic oxidation sites excluding steroid dienone is 1. The second-order valence-corrected chi connectivity index (χ2v) is 0.718. The highest BCUT2D eigenvalue weighted by atomic mass is 35.5. The molecule has 0 bridgehead atoms. The summed E-state index contributed by atoms with van der Waals surface area (Å²) in [6.07, 6.45) is 3.65. The molecule has 0 aliphatic rings. The molecular weight excluding hydrogens is 97.5 g/mol. The predicted octanol–water partition coefficient (Wildman–Crippen LogP) is 1.10. The van der Waals surface area contributed by atoms with E-state index in [9.17, 15) is 0 Å². The van der Waals surface area contributed by atoms with Crippen molar-refractivity contribution in [2.45, 2.75) is 6.92 Å². The minimum atomic E-state index is 0. The minimum Gasteiger partial charge on any atom is -0.323 e. The molecule has 0 aromatic heterocycles. The van der Waals surface area contributed by atoms with Gasteiger partial charge in [-0.05, 0) is 6.92 Å². The van der Waals surface area contributed by atoms with Gasteiger partial charge in [0.1, 0.15) is 0 Å². The van der Waals surface area contributed by atoms with E-state index in [1.54, 1.807) is 6.08 Å². The first-order chi connectivity index (χ1) is 2.41. The summed E-state index contributed by atoms with van der Waals surface area (Å²) in [7, 11) is 0. The molecule has 0 aromatic carbocycles. The van der Waals surface area contributed by atoms with Crippen molar-refractivity contribution in [1.29, 1.82) is 0 Å². The molecule has 0 heterocycles. The monoisotopic (exact) mass is 106 g/mol. The summed E-state index contributed by atoms with van der Waals surface area (Å²) in [4.78, 5) is 0. The third-order valence-corrected chi connectivity index (χ3v) is 0.304. The normalized spacial score (nSPS) is 8.33. The van der Waals surface area contributed by atoms with Crippen molar-refractivity contribution in [3.8, 4) is 0 Å². The van der Waals surface area contributed by atoms with E-state index in [0.29, 0.717) is 0 Å². The van der Waals surface area contributed by atoms with Gasteiger partial charge in [0, 0.05) is 6.54 Å². The third kappa shape index (κ3) is 9.01. The molecule has 2 heteroatoms. The summed E-state index contributed by atoms with van der Waals surface area (Å²) in [5.74, 6) is 0. The van der Waals surface area contributed by atoms with Crippen molar-refractivity contribution < 1.29 is 0 Å². The molecule has 0 rings (SSSR count). The van der Waals surface area contributed by atoms with Crippen LogP contribution in [0.25, 0.3) is 0 Å². The van der Waals surface area contributed by atoms with Gasteiger partial charge in [-0.1, -0.05) is 12.2 Å². The summed E-state index contributed by atoms with van der Waals surface area (Å²) in [6, 6.07) is 0. The van der Waals surface area contributed by atoms with Crippen LogP contribution in [-0.4, -0.2) is 0 Å². The van der Waals surface area contributed by atoms with Crippen LogP contribution in [0.2, 0.25) is 0 Å². The van der Waals surface area contributed by atoms with Crippen molar-refractivity contribution in [3.63, 3.8) is 0 Å². The van der Waals surface area contributed by atoms with Gasteiger partial charge in [0.2, 0.25) is 0 Å². The molecule has 37 valence electrons. The average Bonchev–Trinajstić information content (AvgIpc) is 1.41. The minimum absolute atomic E-state index is 0. The Morgan fingerprint density at radius 2 is 2.00 bits per heavy atom. The summed E-state index contributed by atoms with van der Waals surface area (Å²) >= 11 is 0. The second kappa shape index (κ2) is 8.89. The lowest BCUT2D eigenvalue weighted by molar-refractivity contribution is 1.43. The number of rotatable bonds is 1. The number of halogens is 1. The van der Waals surface area contributed by atoms with Gasteiger partial charge in [-0.15, -0.1) is 12.4 Å². The molecule has 0 aromatic rings. The first-order valence-electron chi connectivity index (χ1n) is 1.58. The Morgan fingerprint density at radius 1 is 1.50 bits per heavy atom. The maximum atomic E-state index is 4.93. The predicted molar refractivity (Wildman–Crippen MR) is 30.5 cm³/mol. The SMILES string of the molecule is C/C=C/[CH]N.Cl. The highest BCUT2D eigenvalue weighted by Gasteiger charge is 1.52. The van der Waals surface area contributed by atoms with Crippen LogP contribution in [-0.2, 0) is 0 Å². The average molecular weight is 107 g/mol. The quantitative estimate of drug-likeness (QED) is 0.533. The Bertz CT molecular complexity index is 34.5. The zero-order valence-corrected chi connectivity index (χ0v) is 4.53. The fourth-order valence-corrected chi connectivity index (χ4v) is 0.111. The van der Waals surface area contributed by atoms with Crippen molar-refractivity contribution in [2.24, 2.45) is 5.73 Å². The van der Waals surface area contributed by atoms with Gasteiger partial charge in [0.05, 0.1) is 0 Å². The van der Waals surface area contributed by atoms with Gasteiger partial charge < -0.3 is 5.73 Å². The van der Waals surface area contributed by atoms with Crippen LogP contribution in [0.3, 0.4) is 0 Å². The van der Waals surface area contributed by atoms with Crippen molar-refractivity contribution in [2.75, 3.05) is 0 Å². The molecule has 0 aliphatic carbocycles. The van der Waals surface area contributed by atoms with E-state index < -0.39 is 0 Å². The van der Waals surface area contributed by atoms with Gasteiger partial charge in [0.15, 0.2) is 0 Å². The van der Waals surface area contributed by atoms with Gasteiger partial charge >= 0.3 is 0 Å². The first kappa shape index (κ1) is 9.37. The van der Waals surface area contributed by atoms with E-state index in [2.05, 4.69) is 0 Å². The van der Waals surface area contributed by atoms with E-state index >= 15 is 0 Å². The largest absolute Gasteiger partial charge is 0.323 e. The van der Waals surface area contributed by atoms with Crippen LogP contribution in [0.5, 0.6) is 0 Å². The molecular formula is C4H9ClN. The molecule has 0 fully saturated rings. The van der Waals surface area contributed by atoms with Gasteiger partial charge in [-0.3, -0.25) is 0 Å². The van der Waals surface area contributed by atoms with Crippen LogP contribution in [0.1, 0.15) is 6.92 Å². The number of hydrogen-bond donors (Lipinski definition) is 1. The Hall–Kier alpha value is -0.0100. The maximum Gasteiger partial charge on any atom is 0.0414 e. The Morgan fingerprint density at radius 3 is 2.00 bits per heavy atom. The summed E-state index contributed by atoms with van der Waals surface area (Å²) in [6.45, 7) is 3.42. The lowest BCUT2D eigenvalue weighted by atomic mass is 10.5. The van der Waals surface area contributed by atoms with E-state index in [1.165, 1.54) is 6.54 Å². The zero-order chi connectivity index (χ0) is 4.12. The molecule has 1 radical (unpaired) electrons. The molecule has 1 nitrogen and oxygen atoms in total. The fourth-order valence-electron chi connectivity index (χ4n) is 0.111. The van der Waals surface area contributed by atoms with Gasteiger partial charge in [-0.25, -0.2) is 0 Å². The summed E-state index contributed by atoms with van der Waals surface area (Å²) in [5, 5.41) is 0.